The van der Waals surface area contributed by atoms with Crippen LogP contribution in [0, 0.1) is 18.3 Å². The van der Waals surface area contributed by atoms with Crippen molar-refractivity contribution in [3.8, 4) is 0 Å². The lowest BCUT2D eigenvalue weighted by Gasteiger charge is -2.04. The van der Waals surface area contributed by atoms with Crippen LogP contribution < -0.4 is 0 Å². The second-order valence-electron chi connectivity index (χ2n) is 5.07. The highest BCUT2D eigenvalue weighted by Gasteiger charge is 2.50. The van der Waals surface area contributed by atoms with E-state index in [1.54, 1.807) is 6.07 Å². The lowest BCUT2D eigenvalue weighted by atomic mass is 10.0. The maximum absolute atomic E-state index is 12.0. The third kappa shape index (κ3) is 1.93. The number of hydrogen-bond donors (Lipinski definition) is 0. The van der Waals surface area contributed by atoms with E-state index in [9.17, 15) is 4.79 Å². The van der Waals surface area contributed by atoms with Crippen molar-refractivity contribution in [2.24, 2.45) is 11.3 Å². The van der Waals surface area contributed by atoms with Crippen molar-refractivity contribution in [1.82, 2.24) is 0 Å². The summed E-state index contributed by atoms with van der Waals surface area (Å²) in [5.41, 5.74) is 1.96. The van der Waals surface area contributed by atoms with Crippen LogP contribution in [-0.4, -0.2) is 5.78 Å². The summed E-state index contributed by atoms with van der Waals surface area (Å²) in [4.78, 5) is 12.0. The average molecular weight is 223 g/mol. The molecule has 0 bridgehead atoms. The molecule has 2 heteroatoms. The maximum Gasteiger partial charge on any atom is 0.166 e. The normalized spacial score (nSPS) is 22.5. The number of halogens is 1. The molecule has 0 amide bonds. The van der Waals surface area contributed by atoms with Crippen LogP contribution in [0.3, 0.4) is 0 Å². The zero-order chi connectivity index (χ0) is 11.2. The average Bonchev–Trinajstić information content (AvgIpc) is 2.79. The van der Waals surface area contributed by atoms with Crippen molar-refractivity contribution in [3.05, 3.63) is 34.3 Å². The Morgan fingerprint density at radius 2 is 2.07 bits per heavy atom. The molecule has 0 saturated heterocycles. The zero-order valence-electron chi connectivity index (χ0n) is 9.30. The topological polar surface area (TPSA) is 17.1 Å². The minimum Gasteiger partial charge on any atom is -0.294 e. The Kier molecular flexibility index (Phi) is 2.38. The highest BCUT2D eigenvalue weighted by molar-refractivity contribution is 6.31. The molecule has 1 unspecified atom stereocenters. The summed E-state index contributed by atoms with van der Waals surface area (Å²) in [5, 5.41) is 0.680. The van der Waals surface area contributed by atoms with Gasteiger partial charge in [-0.15, -0.1) is 0 Å². The van der Waals surface area contributed by atoms with Crippen LogP contribution in [0.5, 0.6) is 0 Å². The van der Waals surface area contributed by atoms with Gasteiger partial charge in [-0.2, -0.15) is 0 Å². The van der Waals surface area contributed by atoms with Gasteiger partial charge in [-0.05, 0) is 30.4 Å². The minimum absolute atomic E-state index is 0.189. The molecule has 1 aliphatic rings. The van der Waals surface area contributed by atoms with Gasteiger partial charge in [-0.1, -0.05) is 37.6 Å². The Balaban J connectivity index is 2.24. The van der Waals surface area contributed by atoms with E-state index in [2.05, 4.69) is 13.8 Å². The standard InChI is InChI=1S/C13H15ClO/c1-8-4-5-9(6-11(8)14)12(15)10-7-13(10,2)3/h4-6,10H,7H2,1-3H3. The summed E-state index contributed by atoms with van der Waals surface area (Å²) in [5.74, 6) is 0.429. The van der Waals surface area contributed by atoms with Crippen molar-refractivity contribution in [2.45, 2.75) is 27.2 Å². The second kappa shape index (κ2) is 3.34. The molecule has 0 aromatic heterocycles. The van der Waals surface area contributed by atoms with Crippen molar-refractivity contribution in [1.29, 1.82) is 0 Å². The summed E-state index contributed by atoms with van der Waals surface area (Å²) < 4.78 is 0. The maximum atomic E-state index is 12.0. The van der Waals surface area contributed by atoms with Crippen LogP contribution in [0.1, 0.15) is 36.2 Å². The van der Waals surface area contributed by atoms with Gasteiger partial charge in [0.15, 0.2) is 5.78 Å². The molecule has 2 rings (SSSR count). The van der Waals surface area contributed by atoms with Crippen molar-refractivity contribution in [3.63, 3.8) is 0 Å². The number of ketones is 1. The zero-order valence-corrected chi connectivity index (χ0v) is 10.1. The molecule has 1 nitrogen and oxygen atoms in total. The van der Waals surface area contributed by atoms with Crippen molar-refractivity contribution >= 4 is 17.4 Å². The number of carbonyl (C=O) groups is 1. The summed E-state index contributed by atoms with van der Waals surface area (Å²) >= 11 is 6.00. The van der Waals surface area contributed by atoms with Crippen LogP contribution in [0.25, 0.3) is 0 Å². The molecule has 0 aliphatic heterocycles. The molecule has 1 fully saturated rings. The van der Waals surface area contributed by atoms with Gasteiger partial charge in [0.2, 0.25) is 0 Å². The van der Waals surface area contributed by atoms with Gasteiger partial charge in [0.1, 0.15) is 0 Å². The van der Waals surface area contributed by atoms with Gasteiger partial charge in [-0.25, -0.2) is 0 Å². The van der Waals surface area contributed by atoms with E-state index in [0.717, 1.165) is 17.5 Å². The van der Waals surface area contributed by atoms with Gasteiger partial charge in [0.05, 0.1) is 0 Å². The molecule has 0 N–H and O–H groups in total. The smallest absolute Gasteiger partial charge is 0.166 e. The number of aryl methyl sites for hydroxylation is 1. The fourth-order valence-electron chi connectivity index (χ4n) is 1.86. The largest absolute Gasteiger partial charge is 0.294 e. The van der Waals surface area contributed by atoms with Crippen LogP contribution in [0.4, 0.5) is 0 Å². The fraction of sp³-hybridized carbons (Fsp3) is 0.462. The summed E-state index contributed by atoms with van der Waals surface area (Å²) in [6.45, 7) is 6.20. The molecule has 15 heavy (non-hydrogen) atoms. The number of benzene rings is 1. The molecule has 1 saturated carbocycles. The second-order valence-corrected chi connectivity index (χ2v) is 5.48. The van der Waals surface area contributed by atoms with Gasteiger partial charge >= 0.3 is 0 Å². The van der Waals surface area contributed by atoms with Crippen LogP contribution in [0.2, 0.25) is 5.02 Å². The number of carbonyl (C=O) groups excluding carboxylic acids is 1. The number of rotatable bonds is 2. The predicted octanol–water partition coefficient (Wildman–Crippen LogP) is 3.88. The molecule has 1 aliphatic carbocycles. The first-order valence-corrected chi connectivity index (χ1v) is 5.60. The highest BCUT2D eigenvalue weighted by atomic mass is 35.5. The lowest BCUT2D eigenvalue weighted by molar-refractivity contribution is 0.0953. The molecule has 0 spiro atoms. The Labute approximate surface area is 95.4 Å². The molecule has 1 atom stereocenters. The molecular formula is C13H15ClO. The molecule has 80 valence electrons. The molecule has 1 aromatic rings. The summed E-state index contributed by atoms with van der Waals surface area (Å²) in [6, 6.07) is 5.57. The van der Waals surface area contributed by atoms with E-state index in [4.69, 9.17) is 11.6 Å². The quantitative estimate of drug-likeness (QED) is 0.695. The van der Waals surface area contributed by atoms with Crippen LogP contribution in [0.15, 0.2) is 18.2 Å². The number of hydrogen-bond acceptors (Lipinski definition) is 1. The molecule has 1 aromatic carbocycles. The predicted molar refractivity (Wildman–Crippen MR) is 62.4 cm³/mol. The fourth-order valence-corrected chi connectivity index (χ4v) is 2.04. The Morgan fingerprint density at radius 1 is 1.47 bits per heavy atom. The van der Waals surface area contributed by atoms with Crippen LogP contribution in [-0.2, 0) is 0 Å². The van der Waals surface area contributed by atoms with E-state index in [0.29, 0.717) is 5.02 Å². The highest BCUT2D eigenvalue weighted by Crippen LogP contribution is 2.53. The Morgan fingerprint density at radius 3 is 2.53 bits per heavy atom. The van der Waals surface area contributed by atoms with Gasteiger partial charge < -0.3 is 0 Å². The van der Waals surface area contributed by atoms with Crippen molar-refractivity contribution in [2.75, 3.05) is 0 Å². The van der Waals surface area contributed by atoms with Crippen LogP contribution >= 0.6 is 11.6 Å². The van der Waals surface area contributed by atoms with Gasteiger partial charge in [-0.3, -0.25) is 4.79 Å². The van der Waals surface area contributed by atoms with Gasteiger partial charge in [0, 0.05) is 16.5 Å². The van der Waals surface area contributed by atoms with Crippen molar-refractivity contribution < 1.29 is 4.79 Å². The Hall–Kier alpha value is -0.820. The Bertz CT molecular complexity index is 421. The molecular weight excluding hydrogens is 208 g/mol. The third-order valence-corrected chi connectivity index (χ3v) is 3.69. The van der Waals surface area contributed by atoms with Gasteiger partial charge in [0.25, 0.3) is 0 Å². The summed E-state index contributed by atoms with van der Waals surface area (Å²) in [6.07, 6.45) is 0.997. The summed E-state index contributed by atoms with van der Waals surface area (Å²) in [7, 11) is 0. The van der Waals surface area contributed by atoms with E-state index in [1.165, 1.54) is 0 Å². The lowest BCUT2D eigenvalue weighted by Crippen LogP contribution is -2.06. The monoisotopic (exact) mass is 222 g/mol. The first-order valence-electron chi connectivity index (χ1n) is 5.22. The molecule has 0 heterocycles. The third-order valence-electron chi connectivity index (χ3n) is 3.29. The van der Waals surface area contributed by atoms with E-state index < -0.39 is 0 Å². The SMILES string of the molecule is Cc1ccc(C(=O)C2CC2(C)C)cc1Cl. The van der Waals surface area contributed by atoms with E-state index in [-0.39, 0.29) is 17.1 Å². The number of Topliss-reactive ketones (excluding diaryl/α,β-unsaturated/α-hetero) is 1. The first kappa shape index (κ1) is 10.7. The molecule has 0 radical (unpaired) electrons. The van der Waals surface area contributed by atoms with E-state index in [1.807, 2.05) is 19.1 Å². The van der Waals surface area contributed by atoms with E-state index >= 15 is 0 Å². The first-order chi connectivity index (χ1) is 6.92. The minimum atomic E-state index is 0.189.